The molecule has 2 aromatic heterocycles. The number of nitrogens with zero attached hydrogens (tertiary/aromatic N) is 4. The topological polar surface area (TPSA) is 51.0 Å². The first-order valence-electron chi connectivity index (χ1n) is 10.8. The van der Waals surface area contributed by atoms with Gasteiger partial charge in [-0.15, -0.1) is 0 Å². The molecule has 0 unspecified atom stereocenters. The number of fused-ring (bicyclic) bond motifs is 1. The highest BCUT2D eigenvalue weighted by Gasteiger charge is 2.26. The van der Waals surface area contributed by atoms with Crippen LogP contribution in [0.15, 0.2) is 48.7 Å². The van der Waals surface area contributed by atoms with Gasteiger partial charge in [0.05, 0.1) is 6.54 Å². The number of hydrogen-bond acceptors (Lipinski definition) is 3. The van der Waals surface area contributed by atoms with Crippen molar-refractivity contribution in [3.05, 3.63) is 60.0 Å². The standard InChI is InChI=1S/C24H30N4O/c1-18(2)14-16-27(24(29)19-9-4-3-5-10-19)17-22-26-21-13-8-15-25-23(21)28(22)20-11-6-7-12-20/h3-5,8-10,13,15,18,20H,6-7,11-12,14,16-17H2,1-2H3. The highest BCUT2D eigenvalue weighted by molar-refractivity contribution is 5.94. The number of pyridine rings is 1. The third-order valence-corrected chi connectivity index (χ3v) is 5.83. The Morgan fingerprint density at radius 2 is 1.90 bits per heavy atom. The van der Waals surface area contributed by atoms with Crippen LogP contribution in [0.5, 0.6) is 0 Å². The minimum Gasteiger partial charge on any atom is -0.331 e. The lowest BCUT2D eigenvalue weighted by Gasteiger charge is -2.25. The molecule has 0 radical (unpaired) electrons. The van der Waals surface area contributed by atoms with E-state index in [1.54, 1.807) is 0 Å². The Morgan fingerprint density at radius 1 is 1.14 bits per heavy atom. The van der Waals surface area contributed by atoms with E-state index in [4.69, 9.17) is 4.98 Å². The zero-order valence-electron chi connectivity index (χ0n) is 17.4. The molecule has 4 rings (SSSR count). The third kappa shape index (κ3) is 4.34. The average molecular weight is 391 g/mol. The van der Waals surface area contributed by atoms with Crippen molar-refractivity contribution in [2.75, 3.05) is 6.54 Å². The first-order chi connectivity index (χ1) is 14.1. The monoisotopic (exact) mass is 390 g/mol. The van der Waals surface area contributed by atoms with Gasteiger partial charge in [-0.05, 0) is 49.4 Å². The van der Waals surface area contributed by atoms with Gasteiger partial charge in [0, 0.05) is 24.3 Å². The molecule has 1 aliphatic carbocycles. The van der Waals surface area contributed by atoms with Gasteiger partial charge in [-0.25, -0.2) is 9.97 Å². The Kier molecular flexibility index (Phi) is 5.93. The van der Waals surface area contributed by atoms with Crippen molar-refractivity contribution in [2.45, 2.75) is 58.5 Å². The van der Waals surface area contributed by atoms with Gasteiger partial charge >= 0.3 is 0 Å². The molecule has 5 heteroatoms. The average Bonchev–Trinajstić information content (AvgIpc) is 3.38. The maximum Gasteiger partial charge on any atom is 0.254 e. The molecule has 0 spiro atoms. The van der Waals surface area contributed by atoms with Gasteiger partial charge in [-0.2, -0.15) is 0 Å². The Morgan fingerprint density at radius 3 is 2.62 bits per heavy atom. The molecule has 0 N–H and O–H groups in total. The Labute approximate surface area is 172 Å². The van der Waals surface area contributed by atoms with Crippen LogP contribution in [-0.4, -0.2) is 31.9 Å². The summed E-state index contributed by atoms with van der Waals surface area (Å²) < 4.78 is 2.31. The van der Waals surface area contributed by atoms with Gasteiger partial charge in [0.1, 0.15) is 11.3 Å². The van der Waals surface area contributed by atoms with E-state index in [1.165, 1.54) is 12.8 Å². The molecule has 152 valence electrons. The molecular weight excluding hydrogens is 360 g/mol. The van der Waals surface area contributed by atoms with Gasteiger partial charge in [-0.3, -0.25) is 4.79 Å². The number of imidazole rings is 1. The molecule has 0 saturated heterocycles. The molecule has 1 saturated carbocycles. The normalized spacial score (nSPS) is 14.7. The summed E-state index contributed by atoms with van der Waals surface area (Å²) in [4.78, 5) is 24.8. The van der Waals surface area contributed by atoms with Crippen LogP contribution in [0.25, 0.3) is 11.2 Å². The van der Waals surface area contributed by atoms with Gasteiger partial charge in [0.2, 0.25) is 0 Å². The number of amides is 1. The number of carbonyl (C=O) groups is 1. The van der Waals surface area contributed by atoms with Gasteiger partial charge in [0.15, 0.2) is 5.65 Å². The van der Waals surface area contributed by atoms with Crippen LogP contribution in [0, 0.1) is 5.92 Å². The molecule has 3 aromatic rings. The van der Waals surface area contributed by atoms with E-state index < -0.39 is 0 Å². The van der Waals surface area contributed by atoms with Crippen molar-refractivity contribution in [1.82, 2.24) is 19.4 Å². The van der Waals surface area contributed by atoms with Crippen LogP contribution in [0.1, 0.15) is 68.2 Å². The quantitative estimate of drug-likeness (QED) is 0.555. The highest BCUT2D eigenvalue weighted by Crippen LogP contribution is 2.33. The molecule has 0 atom stereocenters. The summed E-state index contributed by atoms with van der Waals surface area (Å²) in [7, 11) is 0. The lowest BCUT2D eigenvalue weighted by Crippen LogP contribution is -2.33. The minimum absolute atomic E-state index is 0.0734. The Bertz CT molecular complexity index is 957. The molecule has 1 aliphatic rings. The second kappa shape index (κ2) is 8.76. The predicted octanol–water partition coefficient (Wildman–Crippen LogP) is 5.23. The first-order valence-corrected chi connectivity index (χ1v) is 10.8. The van der Waals surface area contributed by atoms with Gasteiger partial charge in [-0.1, -0.05) is 44.9 Å². The van der Waals surface area contributed by atoms with E-state index in [9.17, 15) is 4.79 Å². The van der Waals surface area contributed by atoms with Crippen LogP contribution in [-0.2, 0) is 6.54 Å². The molecule has 0 aliphatic heterocycles. The summed E-state index contributed by atoms with van der Waals surface area (Å²) in [6.45, 7) is 5.64. The van der Waals surface area contributed by atoms with Crippen LogP contribution >= 0.6 is 0 Å². The second-order valence-corrected chi connectivity index (χ2v) is 8.46. The molecule has 5 nitrogen and oxygen atoms in total. The fraction of sp³-hybridized carbons (Fsp3) is 0.458. The molecular formula is C24H30N4O. The number of benzene rings is 1. The SMILES string of the molecule is CC(C)CCN(Cc1nc2cccnc2n1C1CCCC1)C(=O)c1ccccc1. The molecule has 0 bridgehead atoms. The molecule has 2 heterocycles. The van der Waals surface area contributed by atoms with E-state index in [0.717, 1.165) is 48.4 Å². The zero-order chi connectivity index (χ0) is 20.2. The van der Waals surface area contributed by atoms with Crippen molar-refractivity contribution in [3.8, 4) is 0 Å². The maximum atomic E-state index is 13.3. The van der Waals surface area contributed by atoms with Crippen LogP contribution in [0.4, 0.5) is 0 Å². The summed E-state index contributed by atoms with van der Waals surface area (Å²) >= 11 is 0. The number of hydrogen-bond donors (Lipinski definition) is 0. The summed E-state index contributed by atoms with van der Waals surface area (Å²) in [6, 6.07) is 14.0. The second-order valence-electron chi connectivity index (χ2n) is 8.46. The fourth-order valence-corrected chi connectivity index (χ4v) is 4.23. The summed E-state index contributed by atoms with van der Waals surface area (Å²) in [5.41, 5.74) is 2.61. The van der Waals surface area contributed by atoms with Gasteiger partial charge < -0.3 is 9.47 Å². The largest absolute Gasteiger partial charge is 0.331 e. The summed E-state index contributed by atoms with van der Waals surface area (Å²) in [6.07, 6.45) is 7.62. The zero-order valence-corrected chi connectivity index (χ0v) is 17.4. The number of carbonyl (C=O) groups excluding carboxylic acids is 1. The van der Waals surface area contributed by atoms with E-state index >= 15 is 0 Å². The Balaban J connectivity index is 1.68. The summed E-state index contributed by atoms with van der Waals surface area (Å²) in [5, 5.41) is 0. The van der Waals surface area contributed by atoms with Crippen LogP contribution in [0.3, 0.4) is 0 Å². The van der Waals surface area contributed by atoms with Crippen LogP contribution < -0.4 is 0 Å². The molecule has 1 aromatic carbocycles. The lowest BCUT2D eigenvalue weighted by molar-refractivity contribution is 0.0728. The lowest BCUT2D eigenvalue weighted by atomic mass is 10.1. The first kappa shape index (κ1) is 19.6. The fourth-order valence-electron chi connectivity index (χ4n) is 4.23. The minimum atomic E-state index is 0.0734. The van der Waals surface area contributed by atoms with Crippen molar-refractivity contribution in [3.63, 3.8) is 0 Å². The van der Waals surface area contributed by atoms with E-state index in [-0.39, 0.29) is 5.91 Å². The van der Waals surface area contributed by atoms with Crippen molar-refractivity contribution in [2.24, 2.45) is 5.92 Å². The van der Waals surface area contributed by atoms with E-state index in [0.29, 0.717) is 18.5 Å². The Hall–Kier alpha value is -2.69. The van der Waals surface area contributed by atoms with Crippen molar-refractivity contribution >= 4 is 17.1 Å². The number of rotatable bonds is 7. The van der Waals surface area contributed by atoms with Crippen LogP contribution in [0.2, 0.25) is 0 Å². The van der Waals surface area contributed by atoms with Crippen molar-refractivity contribution in [1.29, 1.82) is 0 Å². The predicted molar refractivity (Wildman–Crippen MR) is 116 cm³/mol. The smallest absolute Gasteiger partial charge is 0.254 e. The van der Waals surface area contributed by atoms with E-state index in [2.05, 4.69) is 23.4 Å². The van der Waals surface area contributed by atoms with Crippen molar-refractivity contribution < 1.29 is 4.79 Å². The van der Waals surface area contributed by atoms with Gasteiger partial charge in [0.25, 0.3) is 5.91 Å². The van der Waals surface area contributed by atoms with E-state index in [1.807, 2.05) is 53.6 Å². The maximum absolute atomic E-state index is 13.3. The number of aromatic nitrogens is 3. The summed E-state index contributed by atoms with van der Waals surface area (Å²) in [5.74, 6) is 1.57. The third-order valence-electron chi connectivity index (χ3n) is 5.83. The molecule has 29 heavy (non-hydrogen) atoms. The molecule has 1 amide bonds. The molecule has 1 fully saturated rings. The highest BCUT2D eigenvalue weighted by atomic mass is 16.2.